The lowest BCUT2D eigenvalue weighted by Gasteiger charge is -2.22. The fourth-order valence-corrected chi connectivity index (χ4v) is 5.55. The molecule has 1 atom stereocenters. The zero-order chi connectivity index (χ0) is 27.7. The molecule has 0 aliphatic carbocycles. The maximum Gasteiger partial charge on any atom is 0.269 e. The second-order valence-corrected chi connectivity index (χ2v) is 11.7. The highest BCUT2D eigenvalue weighted by Crippen LogP contribution is 2.36. The number of rotatable bonds is 13. The van der Waals surface area contributed by atoms with Crippen LogP contribution in [0, 0.1) is 5.41 Å². The number of nitrogens with zero attached hydrogens (tertiary/aromatic N) is 2. The third-order valence-electron chi connectivity index (χ3n) is 6.74. The Hall–Kier alpha value is -2.76. The summed E-state index contributed by atoms with van der Waals surface area (Å²) in [5.74, 6) is -0.710. The lowest BCUT2D eigenvalue weighted by Crippen LogP contribution is -2.39. The Morgan fingerprint density at radius 3 is 2.63 bits per heavy atom. The van der Waals surface area contributed by atoms with Crippen molar-refractivity contribution in [3.8, 4) is 0 Å². The molecular weight excluding hydrogens is 504 g/mol. The van der Waals surface area contributed by atoms with Crippen molar-refractivity contribution in [1.82, 2.24) is 20.4 Å². The third kappa shape index (κ3) is 8.12. The van der Waals surface area contributed by atoms with Gasteiger partial charge in [-0.15, -0.1) is 0 Å². The molecule has 11 heteroatoms. The number of benzene rings is 1. The number of hydrogen-bond donors (Lipinski definition) is 5. The van der Waals surface area contributed by atoms with E-state index >= 15 is 0 Å². The number of amides is 3. The smallest absolute Gasteiger partial charge is 0.269 e. The summed E-state index contributed by atoms with van der Waals surface area (Å²) in [5.41, 5.74) is 6.96. The minimum Gasteiger partial charge on any atom is -0.396 e. The Morgan fingerprint density at radius 1 is 1.21 bits per heavy atom. The van der Waals surface area contributed by atoms with Crippen molar-refractivity contribution < 1.29 is 19.5 Å². The van der Waals surface area contributed by atoms with Gasteiger partial charge in [0.15, 0.2) is 0 Å². The van der Waals surface area contributed by atoms with E-state index in [4.69, 9.17) is 5.73 Å². The molecule has 2 fully saturated rings. The molecule has 0 aromatic heterocycles. The van der Waals surface area contributed by atoms with Gasteiger partial charge in [-0.2, -0.15) is 0 Å². The van der Waals surface area contributed by atoms with Gasteiger partial charge in [0.25, 0.3) is 11.8 Å². The zero-order valence-electron chi connectivity index (χ0n) is 22.7. The van der Waals surface area contributed by atoms with Gasteiger partial charge in [0.2, 0.25) is 5.91 Å². The monoisotopic (exact) mass is 546 g/mol. The van der Waals surface area contributed by atoms with Crippen LogP contribution in [0.5, 0.6) is 0 Å². The summed E-state index contributed by atoms with van der Waals surface area (Å²) in [6, 6.07) is 7.21. The first kappa shape index (κ1) is 29.8. The number of hydrogen-bond acceptors (Lipinski definition) is 8. The molecule has 10 nitrogen and oxygen atoms in total. The average molecular weight is 547 g/mol. The normalized spacial score (nSPS) is 19.5. The molecular formula is C27H42N6O4S. The summed E-state index contributed by atoms with van der Waals surface area (Å²) in [5, 5.41) is 18.4. The minimum atomic E-state index is -0.477. The summed E-state index contributed by atoms with van der Waals surface area (Å²) < 4.78 is 0. The quantitative estimate of drug-likeness (QED) is 0.185. The first-order valence-corrected chi connectivity index (χ1v) is 14.2. The number of nitrogens with two attached hydrogens (primary N) is 1. The van der Waals surface area contributed by atoms with Crippen LogP contribution in [0.1, 0.15) is 50.4 Å². The van der Waals surface area contributed by atoms with Gasteiger partial charge in [-0.1, -0.05) is 31.7 Å². The summed E-state index contributed by atoms with van der Waals surface area (Å²) in [6.45, 7) is 10.3. The number of aliphatic hydroxyl groups excluding tert-OH is 1. The first-order chi connectivity index (χ1) is 18.1. The molecule has 0 radical (unpaired) electrons. The van der Waals surface area contributed by atoms with Crippen LogP contribution in [0.15, 0.2) is 35.0 Å². The van der Waals surface area contributed by atoms with Gasteiger partial charge in [-0.05, 0) is 64.0 Å². The van der Waals surface area contributed by atoms with E-state index in [1.54, 1.807) is 12.1 Å². The Labute approximate surface area is 229 Å². The number of anilines is 1. The number of carbonyl (C=O) groups excluding carboxylic acids is 3. The van der Waals surface area contributed by atoms with Crippen molar-refractivity contribution in [2.75, 3.05) is 57.7 Å². The predicted octanol–water partition coefficient (Wildman–Crippen LogP) is 1.54. The first-order valence-electron chi connectivity index (χ1n) is 13.4. The van der Waals surface area contributed by atoms with E-state index < -0.39 is 16.6 Å². The Balaban J connectivity index is 1.54. The molecule has 6 N–H and O–H groups in total. The highest BCUT2D eigenvalue weighted by molar-refractivity contribution is 8.04. The minimum absolute atomic E-state index is 0.00941. The van der Waals surface area contributed by atoms with Gasteiger partial charge >= 0.3 is 0 Å². The van der Waals surface area contributed by atoms with Crippen LogP contribution < -0.4 is 21.7 Å². The number of carbonyl (C=O) groups is 3. The largest absolute Gasteiger partial charge is 0.396 e. The molecule has 0 saturated carbocycles. The van der Waals surface area contributed by atoms with Gasteiger partial charge < -0.3 is 36.6 Å². The molecule has 0 unspecified atom stereocenters. The van der Waals surface area contributed by atoms with Gasteiger partial charge in [-0.25, -0.2) is 0 Å². The highest BCUT2D eigenvalue weighted by atomic mass is 32.2. The molecule has 2 aliphatic rings. The van der Waals surface area contributed by atoms with E-state index in [0.717, 1.165) is 31.7 Å². The zero-order valence-corrected chi connectivity index (χ0v) is 23.5. The molecule has 2 heterocycles. The Bertz CT molecular complexity index is 1020. The number of nitrogens with one attached hydrogen (secondary N) is 3. The molecule has 2 saturated heterocycles. The lowest BCUT2D eigenvalue weighted by atomic mass is 9.95. The molecule has 1 aromatic carbocycles. The molecule has 2 aliphatic heterocycles. The SMILES string of the molecule is CCN1C(=O)[C@@H](CNc2cccc(C(=O)NCCCN3CCCC3)c2)S/C1=C(/N)C(=O)NCC(C)(C)CO. The van der Waals surface area contributed by atoms with Crippen LogP contribution in [0.25, 0.3) is 0 Å². The van der Waals surface area contributed by atoms with Crippen molar-refractivity contribution in [2.24, 2.45) is 11.1 Å². The van der Waals surface area contributed by atoms with E-state index in [9.17, 15) is 19.5 Å². The number of likely N-dealkylation sites (tertiary alicyclic amines) is 1. The van der Waals surface area contributed by atoms with Crippen LogP contribution in [-0.2, 0) is 9.59 Å². The fourth-order valence-electron chi connectivity index (χ4n) is 4.32. The second kappa shape index (κ2) is 13.9. The van der Waals surface area contributed by atoms with Crippen LogP contribution in [0.3, 0.4) is 0 Å². The molecule has 0 bridgehead atoms. The molecule has 210 valence electrons. The van der Waals surface area contributed by atoms with Crippen molar-refractivity contribution >= 4 is 35.2 Å². The van der Waals surface area contributed by atoms with Crippen molar-refractivity contribution in [3.05, 3.63) is 40.6 Å². The maximum atomic E-state index is 13.0. The van der Waals surface area contributed by atoms with E-state index in [0.29, 0.717) is 30.2 Å². The average Bonchev–Trinajstić information content (AvgIpc) is 3.55. The highest BCUT2D eigenvalue weighted by Gasteiger charge is 2.38. The van der Waals surface area contributed by atoms with Crippen LogP contribution in [0.2, 0.25) is 0 Å². The van der Waals surface area contributed by atoms with E-state index in [2.05, 4.69) is 20.9 Å². The van der Waals surface area contributed by atoms with Gasteiger partial charge in [0.1, 0.15) is 16.0 Å². The lowest BCUT2D eigenvalue weighted by molar-refractivity contribution is -0.127. The second-order valence-electron chi connectivity index (χ2n) is 10.5. The molecule has 38 heavy (non-hydrogen) atoms. The molecule has 1 aromatic rings. The van der Waals surface area contributed by atoms with Crippen LogP contribution in [-0.4, -0.2) is 90.3 Å². The third-order valence-corrected chi connectivity index (χ3v) is 8.06. The van der Waals surface area contributed by atoms with Crippen LogP contribution >= 0.6 is 11.8 Å². The summed E-state index contributed by atoms with van der Waals surface area (Å²) in [7, 11) is 0. The Morgan fingerprint density at radius 2 is 1.95 bits per heavy atom. The van der Waals surface area contributed by atoms with Crippen molar-refractivity contribution in [2.45, 2.75) is 45.3 Å². The molecule has 3 rings (SSSR count). The van der Waals surface area contributed by atoms with Gasteiger partial charge in [0.05, 0.1) is 0 Å². The molecule has 3 amide bonds. The van der Waals surface area contributed by atoms with Gasteiger partial charge in [0, 0.05) is 49.5 Å². The predicted molar refractivity (Wildman–Crippen MR) is 151 cm³/mol. The summed E-state index contributed by atoms with van der Waals surface area (Å²) >= 11 is 1.26. The van der Waals surface area contributed by atoms with E-state index in [1.807, 2.05) is 32.9 Å². The van der Waals surface area contributed by atoms with Gasteiger partial charge in [-0.3, -0.25) is 14.4 Å². The van der Waals surface area contributed by atoms with Crippen molar-refractivity contribution in [1.29, 1.82) is 0 Å². The number of aliphatic hydroxyl groups is 1. The number of thioether (sulfide) groups is 1. The van der Waals surface area contributed by atoms with Crippen molar-refractivity contribution in [3.63, 3.8) is 0 Å². The summed E-state index contributed by atoms with van der Waals surface area (Å²) in [6.07, 6.45) is 3.45. The standard InChI is InChI=1S/C27H42N6O4S/c1-4-33-25(37)21(38-26(33)22(28)24(36)31-17-27(2,3)18-34)16-30-20-10-7-9-19(15-20)23(35)29-11-8-14-32-12-5-6-13-32/h7,9-10,15,21,30,34H,4-6,8,11-14,16-18,28H2,1-3H3,(H,29,35)(H,31,36)/b26-22+/t21-/m1/s1. The van der Waals surface area contributed by atoms with E-state index in [-0.39, 0.29) is 30.7 Å². The van der Waals surface area contributed by atoms with E-state index in [1.165, 1.54) is 29.5 Å². The topological polar surface area (TPSA) is 140 Å². The fraction of sp³-hybridized carbons (Fsp3) is 0.593. The molecule has 0 spiro atoms. The Kier molecular flexibility index (Phi) is 10.9. The maximum absolute atomic E-state index is 13.0. The summed E-state index contributed by atoms with van der Waals surface area (Å²) in [4.78, 5) is 42.2. The van der Waals surface area contributed by atoms with Crippen LogP contribution in [0.4, 0.5) is 5.69 Å².